The summed E-state index contributed by atoms with van der Waals surface area (Å²) >= 11 is 1.58. The average Bonchev–Trinajstić information content (AvgIpc) is 3.24. The zero-order valence-corrected chi connectivity index (χ0v) is 13.9. The van der Waals surface area contributed by atoms with Gasteiger partial charge in [0.15, 0.2) is 0 Å². The molecule has 6 heteroatoms. The largest absolute Gasteiger partial charge is 0.380 e. The highest BCUT2D eigenvalue weighted by molar-refractivity contribution is 7.09. The van der Waals surface area contributed by atoms with Gasteiger partial charge in [-0.05, 0) is 12.5 Å². The van der Waals surface area contributed by atoms with Gasteiger partial charge in [-0.3, -0.25) is 0 Å². The number of aromatic nitrogens is 3. The van der Waals surface area contributed by atoms with E-state index in [4.69, 9.17) is 4.74 Å². The fraction of sp³-hybridized carbons (Fsp3) is 0.294. The molecule has 2 atom stereocenters. The fourth-order valence-electron chi connectivity index (χ4n) is 2.34. The van der Waals surface area contributed by atoms with Crippen LogP contribution in [0.3, 0.4) is 0 Å². The van der Waals surface area contributed by atoms with Crippen molar-refractivity contribution in [2.75, 3.05) is 7.11 Å². The van der Waals surface area contributed by atoms with Crippen molar-refractivity contribution in [3.63, 3.8) is 0 Å². The number of rotatable bonds is 6. The molecule has 0 saturated carbocycles. The van der Waals surface area contributed by atoms with Crippen molar-refractivity contribution in [2.45, 2.75) is 25.7 Å². The molecular formula is C17H19N3O2S. The lowest BCUT2D eigenvalue weighted by molar-refractivity contribution is 0.119. The molecule has 0 aliphatic carbocycles. The molecule has 0 bridgehead atoms. The highest BCUT2D eigenvalue weighted by Gasteiger charge is 2.17. The Hall–Kier alpha value is -2.02. The van der Waals surface area contributed by atoms with E-state index >= 15 is 0 Å². The van der Waals surface area contributed by atoms with Crippen molar-refractivity contribution < 1.29 is 9.84 Å². The monoisotopic (exact) mass is 329 g/mol. The van der Waals surface area contributed by atoms with Crippen LogP contribution in [-0.2, 0) is 11.3 Å². The number of aliphatic hydroxyl groups excluding tert-OH is 1. The lowest BCUT2D eigenvalue weighted by Crippen LogP contribution is -2.11. The van der Waals surface area contributed by atoms with Gasteiger partial charge >= 0.3 is 0 Å². The predicted octanol–water partition coefficient (Wildman–Crippen LogP) is 3.18. The van der Waals surface area contributed by atoms with E-state index in [0.29, 0.717) is 12.4 Å². The van der Waals surface area contributed by atoms with E-state index in [1.165, 1.54) is 0 Å². The maximum atomic E-state index is 10.5. The summed E-state index contributed by atoms with van der Waals surface area (Å²) in [6.07, 6.45) is 2.81. The summed E-state index contributed by atoms with van der Waals surface area (Å²) in [7, 11) is 1.68. The minimum absolute atomic E-state index is 0.00841. The molecule has 23 heavy (non-hydrogen) atoms. The molecule has 3 rings (SSSR count). The van der Waals surface area contributed by atoms with E-state index in [-0.39, 0.29) is 6.10 Å². The molecule has 3 aromatic rings. The molecule has 0 unspecified atom stereocenters. The molecule has 0 amide bonds. The number of hydrogen-bond acceptors (Lipinski definition) is 5. The third-order valence-electron chi connectivity index (χ3n) is 3.71. The topological polar surface area (TPSA) is 60.2 Å². The Kier molecular flexibility index (Phi) is 4.85. The number of imidazole rings is 1. The molecule has 1 N–H and O–H groups in total. The Morgan fingerprint density at radius 3 is 2.83 bits per heavy atom. The van der Waals surface area contributed by atoms with Crippen LogP contribution in [0.15, 0.2) is 48.1 Å². The maximum Gasteiger partial charge on any atom is 0.142 e. The van der Waals surface area contributed by atoms with Crippen LogP contribution in [0, 0.1) is 0 Å². The van der Waals surface area contributed by atoms with Crippen LogP contribution in [0.25, 0.3) is 0 Å². The summed E-state index contributed by atoms with van der Waals surface area (Å²) in [5.41, 5.74) is 1.76. The lowest BCUT2D eigenvalue weighted by Gasteiger charge is -2.13. The van der Waals surface area contributed by atoms with E-state index in [0.717, 1.165) is 16.3 Å². The van der Waals surface area contributed by atoms with E-state index in [2.05, 4.69) is 9.97 Å². The van der Waals surface area contributed by atoms with Gasteiger partial charge in [-0.25, -0.2) is 9.97 Å². The first kappa shape index (κ1) is 15.9. The Bertz CT molecular complexity index is 754. The molecule has 5 nitrogen and oxygen atoms in total. The van der Waals surface area contributed by atoms with Crippen LogP contribution in [0.2, 0.25) is 0 Å². The standard InChI is InChI=1S/C17H19N3O2S/c1-12(22-2)17-19-14(11-23-17)10-20-9-8-18-16(20)15(21)13-6-4-3-5-7-13/h3-9,11-12,15,21H,10H2,1-2H3/t12-,15-/m0/s1. The Labute approximate surface area is 139 Å². The molecule has 2 heterocycles. The molecule has 0 aliphatic rings. The minimum Gasteiger partial charge on any atom is -0.380 e. The third kappa shape index (κ3) is 3.50. The van der Waals surface area contributed by atoms with Crippen LogP contribution >= 0.6 is 11.3 Å². The van der Waals surface area contributed by atoms with Gasteiger partial charge in [0, 0.05) is 24.9 Å². The van der Waals surface area contributed by atoms with E-state index in [1.54, 1.807) is 24.6 Å². The van der Waals surface area contributed by atoms with Crippen LogP contribution < -0.4 is 0 Å². The zero-order valence-electron chi connectivity index (χ0n) is 13.1. The summed E-state index contributed by atoms with van der Waals surface area (Å²) in [4.78, 5) is 8.90. The molecular weight excluding hydrogens is 310 g/mol. The molecule has 0 spiro atoms. The number of nitrogens with zero attached hydrogens (tertiary/aromatic N) is 3. The van der Waals surface area contributed by atoms with Gasteiger partial charge < -0.3 is 14.4 Å². The van der Waals surface area contributed by atoms with Crippen molar-refractivity contribution >= 4 is 11.3 Å². The molecule has 0 aliphatic heterocycles. The van der Waals surface area contributed by atoms with Crippen molar-refractivity contribution in [3.05, 3.63) is 70.2 Å². The highest BCUT2D eigenvalue weighted by Crippen LogP contribution is 2.23. The summed E-state index contributed by atoms with van der Waals surface area (Å²) < 4.78 is 7.22. The third-order valence-corrected chi connectivity index (χ3v) is 4.77. The SMILES string of the molecule is CO[C@@H](C)c1nc(Cn2ccnc2[C@@H](O)c2ccccc2)cs1. The van der Waals surface area contributed by atoms with Gasteiger partial charge in [-0.15, -0.1) is 11.3 Å². The fourth-order valence-corrected chi connectivity index (χ4v) is 3.19. The lowest BCUT2D eigenvalue weighted by atomic mass is 10.1. The van der Waals surface area contributed by atoms with Gasteiger partial charge in [-0.2, -0.15) is 0 Å². The normalized spacial score (nSPS) is 13.9. The number of thiazole rings is 1. The Balaban J connectivity index is 1.80. The number of hydrogen-bond donors (Lipinski definition) is 1. The van der Waals surface area contributed by atoms with Crippen LogP contribution in [0.4, 0.5) is 0 Å². The van der Waals surface area contributed by atoms with Crippen molar-refractivity contribution in [2.24, 2.45) is 0 Å². The Morgan fingerprint density at radius 2 is 2.09 bits per heavy atom. The first-order chi connectivity index (χ1) is 11.2. The van der Waals surface area contributed by atoms with E-state index < -0.39 is 6.10 Å². The molecule has 0 saturated heterocycles. The first-order valence-electron chi connectivity index (χ1n) is 7.40. The van der Waals surface area contributed by atoms with Crippen molar-refractivity contribution in [1.82, 2.24) is 14.5 Å². The molecule has 0 fully saturated rings. The van der Waals surface area contributed by atoms with Crippen LogP contribution in [0.1, 0.15) is 41.2 Å². The zero-order chi connectivity index (χ0) is 16.2. The summed E-state index contributed by atoms with van der Waals surface area (Å²) in [5, 5.41) is 13.5. The van der Waals surface area contributed by atoms with Gasteiger partial charge in [0.25, 0.3) is 0 Å². The first-order valence-corrected chi connectivity index (χ1v) is 8.28. The van der Waals surface area contributed by atoms with Crippen molar-refractivity contribution in [3.8, 4) is 0 Å². The summed E-state index contributed by atoms with van der Waals surface area (Å²) in [5.74, 6) is 0.616. The van der Waals surface area contributed by atoms with Crippen molar-refractivity contribution in [1.29, 1.82) is 0 Å². The van der Waals surface area contributed by atoms with Crippen LogP contribution in [0.5, 0.6) is 0 Å². The Morgan fingerprint density at radius 1 is 1.30 bits per heavy atom. The van der Waals surface area contributed by atoms with E-state index in [9.17, 15) is 5.11 Å². The van der Waals surface area contributed by atoms with Gasteiger partial charge in [0.2, 0.25) is 0 Å². The second kappa shape index (κ2) is 7.04. The predicted molar refractivity (Wildman–Crippen MR) is 89.4 cm³/mol. The molecule has 0 radical (unpaired) electrons. The second-order valence-electron chi connectivity index (χ2n) is 5.28. The van der Waals surface area contributed by atoms with Gasteiger partial charge in [-0.1, -0.05) is 30.3 Å². The summed E-state index contributed by atoms with van der Waals surface area (Å²) in [6, 6.07) is 9.53. The molecule has 2 aromatic heterocycles. The number of methoxy groups -OCH3 is 1. The highest BCUT2D eigenvalue weighted by atomic mass is 32.1. The van der Waals surface area contributed by atoms with Gasteiger partial charge in [0.1, 0.15) is 23.0 Å². The average molecular weight is 329 g/mol. The smallest absolute Gasteiger partial charge is 0.142 e. The van der Waals surface area contributed by atoms with Crippen LogP contribution in [-0.4, -0.2) is 26.8 Å². The summed E-state index contributed by atoms with van der Waals surface area (Å²) in [6.45, 7) is 2.55. The molecule has 1 aromatic carbocycles. The quantitative estimate of drug-likeness (QED) is 0.754. The number of benzene rings is 1. The van der Waals surface area contributed by atoms with Gasteiger partial charge in [0.05, 0.1) is 12.2 Å². The molecule has 120 valence electrons. The second-order valence-corrected chi connectivity index (χ2v) is 6.17. The number of aliphatic hydroxyl groups is 1. The van der Waals surface area contributed by atoms with E-state index in [1.807, 2.05) is 53.4 Å². The number of ether oxygens (including phenoxy) is 1. The minimum atomic E-state index is -0.748. The maximum absolute atomic E-state index is 10.5.